The number of nitrogens with zero attached hydrogens (tertiary/aromatic N) is 6. The van der Waals surface area contributed by atoms with E-state index in [4.69, 9.17) is 27.9 Å². The second-order valence-corrected chi connectivity index (χ2v) is 7.07. The van der Waals surface area contributed by atoms with E-state index in [1.54, 1.807) is 6.07 Å². The number of nitrogens with one attached hydrogen (secondary N) is 1. The van der Waals surface area contributed by atoms with Gasteiger partial charge in [-0.3, -0.25) is 14.5 Å². The Kier molecular flexibility index (Phi) is 5.42. The molecule has 3 aromatic rings. The van der Waals surface area contributed by atoms with Crippen LogP contribution in [0.5, 0.6) is 5.75 Å². The standard InChI is InChI=1S/C18H13Cl2N7O3/c1-27-16-13(2-10(19)5-24-16)30-7-12(18(27)29)25-17(28)15-23-6-11(20)14(26-15)9-3-21-8-22-4-9/h2-6,8,12H,7H2,1H3,(H,25,28)/t12-/m0/s1. The molecule has 4 heterocycles. The number of ether oxygens (including phenoxy) is 1. The Bertz CT molecular complexity index is 1130. The predicted molar refractivity (Wildman–Crippen MR) is 107 cm³/mol. The van der Waals surface area contributed by atoms with Gasteiger partial charge in [-0.2, -0.15) is 0 Å². The number of amides is 2. The third-order valence-electron chi connectivity index (χ3n) is 4.24. The van der Waals surface area contributed by atoms with E-state index < -0.39 is 17.9 Å². The van der Waals surface area contributed by atoms with Crippen molar-refractivity contribution in [2.24, 2.45) is 0 Å². The summed E-state index contributed by atoms with van der Waals surface area (Å²) in [6.07, 6.45) is 7.08. The van der Waals surface area contributed by atoms with Gasteiger partial charge in [-0.25, -0.2) is 24.9 Å². The molecule has 3 aromatic heterocycles. The van der Waals surface area contributed by atoms with E-state index in [2.05, 4.69) is 30.2 Å². The van der Waals surface area contributed by atoms with Crippen molar-refractivity contribution in [1.29, 1.82) is 0 Å². The molecule has 0 radical (unpaired) electrons. The molecule has 0 bridgehead atoms. The summed E-state index contributed by atoms with van der Waals surface area (Å²) < 4.78 is 5.63. The topological polar surface area (TPSA) is 123 Å². The largest absolute Gasteiger partial charge is 0.487 e. The van der Waals surface area contributed by atoms with Gasteiger partial charge >= 0.3 is 0 Å². The Morgan fingerprint density at radius 1 is 1.20 bits per heavy atom. The van der Waals surface area contributed by atoms with E-state index in [9.17, 15) is 9.59 Å². The molecule has 0 fully saturated rings. The number of pyridine rings is 1. The first-order chi connectivity index (χ1) is 14.4. The van der Waals surface area contributed by atoms with Crippen LogP contribution in [0.1, 0.15) is 10.6 Å². The Morgan fingerprint density at radius 2 is 1.97 bits per heavy atom. The van der Waals surface area contributed by atoms with Gasteiger partial charge in [0, 0.05) is 37.3 Å². The van der Waals surface area contributed by atoms with Gasteiger partial charge in [0.2, 0.25) is 5.82 Å². The molecule has 2 amide bonds. The van der Waals surface area contributed by atoms with Crippen LogP contribution in [-0.2, 0) is 4.79 Å². The van der Waals surface area contributed by atoms with Crippen molar-refractivity contribution in [3.05, 3.63) is 53.1 Å². The van der Waals surface area contributed by atoms with Gasteiger partial charge in [-0.1, -0.05) is 23.2 Å². The van der Waals surface area contributed by atoms with Crippen LogP contribution < -0.4 is 15.0 Å². The van der Waals surface area contributed by atoms with Gasteiger partial charge in [0.05, 0.1) is 21.9 Å². The summed E-state index contributed by atoms with van der Waals surface area (Å²) >= 11 is 12.1. The number of hydrogen-bond donors (Lipinski definition) is 1. The summed E-state index contributed by atoms with van der Waals surface area (Å²) in [7, 11) is 1.53. The number of fused-ring (bicyclic) bond motifs is 1. The smallest absolute Gasteiger partial charge is 0.289 e. The average molecular weight is 446 g/mol. The fourth-order valence-corrected chi connectivity index (χ4v) is 3.13. The summed E-state index contributed by atoms with van der Waals surface area (Å²) in [4.78, 5) is 46.9. The van der Waals surface area contributed by atoms with Crippen molar-refractivity contribution in [2.45, 2.75) is 6.04 Å². The lowest BCUT2D eigenvalue weighted by Gasteiger charge is -2.19. The lowest BCUT2D eigenvalue weighted by molar-refractivity contribution is -0.120. The first-order valence-electron chi connectivity index (χ1n) is 8.58. The zero-order chi connectivity index (χ0) is 21.3. The maximum absolute atomic E-state index is 12.8. The highest BCUT2D eigenvalue weighted by atomic mass is 35.5. The number of carbonyl (C=O) groups excluding carboxylic acids is 2. The molecule has 1 aliphatic rings. The van der Waals surface area contributed by atoms with Crippen molar-refractivity contribution in [3.63, 3.8) is 0 Å². The van der Waals surface area contributed by atoms with Crippen molar-refractivity contribution in [1.82, 2.24) is 30.2 Å². The van der Waals surface area contributed by atoms with Crippen LogP contribution >= 0.6 is 23.2 Å². The molecule has 0 aliphatic carbocycles. The molecule has 1 aliphatic heterocycles. The highest BCUT2D eigenvalue weighted by Crippen LogP contribution is 2.30. The number of carbonyl (C=O) groups is 2. The number of likely N-dealkylation sites (N-methyl/N-ethyl adjacent to an activating group) is 1. The maximum Gasteiger partial charge on any atom is 0.289 e. The van der Waals surface area contributed by atoms with Crippen LogP contribution in [0.15, 0.2) is 37.2 Å². The summed E-state index contributed by atoms with van der Waals surface area (Å²) in [5.41, 5.74) is 0.815. The second kappa shape index (κ2) is 8.17. The number of hydrogen-bond acceptors (Lipinski definition) is 8. The highest BCUT2D eigenvalue weighted by Gasteiger charge is 2.32. The minimum Gasteiger partial charge on any atom is -0.487 e. The molecule has 0 spiro atoms. The summed E-state index contributed by atoms with van der Waals surface area (Å²) in [6, 6.07) is 0.562. The molecule has 4 rings (SSSR count). The van der Waals surface area contributed by atoms with Gasteiger partial charge in [-0.05, 0) is 0 Å². The van der Waals surface area contributed by atoms with Crippen LogP contribution in [0.25, 0.3) is 11.3 Å². The van der Waals surface area contributed by atoms with Gasteiger partial charge in [-0.15, -0.1) is 0 Å². The first kappa shape index (κ1) is 19.9. The third kappa shape index (κ3) is 3.87. The number of halogens is 2. The maximum atomic E-state index is 12.8. The summed E-state index contributed by atoms with van der Waals surface area (Å²) in [5.74, 6) is -0.615. The van der Waals surface area contributed by atoms with Crippen molar-refractivity contribution in [2.75, 3.05) is 18.6 Å². The number of anilines is 1. The van der Waals surface area contributed by atoms with Gasteiger partial charge in [0.15, 0.2) is 11.6 Å². The van der Waals surface area contributed by atoms with Crippen molar-refractivity contribution in [3.8, 4) is 17.0 Å². The molecule has 12 heteroatoms. The molecule has 10 nitrogen and oxygen atoms in total. The summed E-state index contributed by atoms with van der Waals surface area (Å²) in [5, 5.41) is 3.18. The molecule has 0 saturated heterocycles. The number of rotatable bonds is 3. The molecule has 0 saturated carbocycles. The van der Waals surface area contributed by atoms with Gasteiger partial charge in [0.25, 0.3) is 11.8 Å². The van der Waals surface area contributed by atoms with Crippen molar-refractivity contribution >= 4 is 40.8 Å². The average Bonchev–Trinajstić information content (AvgIpc) is 2.86. The molecule has 0 unspecified atom stereocenters. The minimum atomic E-state index is -0.988. The fourth-order valence-electron chi connectivity index (χ4n) is 2.78. The van der Waals surface area contributed by atoms with Crippen LogP contribution in [0.3, 0.4) is 0 Å². The van der Waals surface area contributed by atoms with E-state index in [1.165, 1.54) is 43.1 Å². The van der Waals surface area contributed by atoms with Gasteiger partial charge < -0.3 is 10.1 Å². The summed E-state index contributed by atoms with van der Waals surface area (Å²) in [6.45, 7) is -0.114. The molecule has 152 valence electrons. The molecule has 0 aromatic carbocycles. The Morgan fingerprint density at radius 3 is 2.73 bits per heavy atom. The Hall–Kier alpha value is -3.37. The lowest BCUT2D eigenvalue weighted by atomic mass is 10.2. The van der Waals surface area contributed by atoms with E-state index in [0.717, 1.165) is 0 Å². The Labute approximate surface area is 180 Å². The highest BCUT2D eigenvalue weighted by molar-refractivity contribution is 6.33. The molecule has 1 N–H and O–H groups in total. The van der Waals surface area contributed by atoms with E-state index in [-0.39, 0.29) is 17.5 Å². The monoisotopic (exact) mass is 445 g/mol. The molecule has 30 heavy (non-hydrogen) atoms. The normalized spacial score (nSPS) is 15.8. The zero-order valence-corrected chi connectivity index (χ0v) is 16.9. The quantitative estimate of drug-likeness (QED) is 0.646. The van der Waals surface area contributed by atoms with E-state index >= 15 is 0 Å². The lowest BCUT2D eigenvalue weighted by Crippen LogP contribution is -2.49. The second-order valence-electron chi connectivity index (χ2n) is 6.23. The molecular weight excluding hydrogens is 433 g/mol. The first-order valence-corrected chi connectivity index (χ1v) is 9.34. The predicted octanol–water partition coefficient (Wildman–Crippen LogP) is 1.79. The van der Waals surface area contributed by atoms with Gasteiger partial charge in [0.1, 0.15) is 19.0 Å². The molecular formula is C18H13Cl2N7O3. The van der Waals surface area contributed by atoms with E-state index in [0.29, 0.717) is 27.8 Å². The van der Waals surface area contributed by atoms with Crippen LogP contribution in [0.2, 0.25) is 10.0 Å². The van der Waals surface area contributed by atoms with Crippen LogP contribution in [0.4, 0.5) is 5.82 Å². The van der Waals surface area contributed by atoms with Crippen LogP contribution in [0, 0.1) is 0 Å². The zero-order valence-electron chi connectivity index (χ0n) is 15.4. The Balaban J connectivity index is 1.57. The van der Waals surface area contributed by atoms with E-state index in [1.807, 2.05) is 0 Å². The SMILES string of the molecule is CN1C(=O)[C@@H](NC(=O)c2ncc(Cl)c(-c3cncnc3)n2)COc2cc(Cl)cnc21. The molecule has 1 atom stereocenters. The third-order valence-corrected chi connectivity index (χ3v) is 4.72. The number of aromatic nitrogens is 5. The van der Waals surface area contributed by atoms with Crippen molar-refractivity contribution < 1.29 is 14.3 Å². The minimum absolute atomic E-state index is 0.114. The van der Waals surface area contributed by atoms with Crippen LogP contribution in [-0.4, -0.2) is 56.4 Å². The fraction of sp³-hybridized carbons (Fsp3) is 0.167.